The minimum atomic E-state index is -0.602. The molecule has 2 aliphatic rings. The zero-order chi connectivity index (χ0) is 18.7. The second kappa shape index (κ2) is 7.45. The van der Waals surface area contributed by atoms with Crippen molar-refractivity contribution >= 4 is 11.8 Å². The minimum absolute atomic E-state index is 0.0935. The maximum atomic E-state index is 12.9. The summed E-state index contributed by atoms with van der Waals surface area (Å²) in [5, 5.41) is 0. The number of aromatic nitrogens is 2. The fourth-order valence-electron chi connectivity index (χ4n) is 3.87. The Morgan fingerprint density at radius 3 is 2.81 bits per heavy atom. The predicted molar refractivity (Wildman–Crippen MR) is 92.7 cm³/mol. The molecule has 0 aromatic carbocycles. The first kappa shape index (κ1) is 18.4. The van der Waals surface area contributed by atoms with Crippen LogP contribution in [0.2, 0.25) is 0 Å². The van der Waals surface area contributed by atoms with Crippen LogP contribution in [0.15, 0.2) is 15.8 Å². The molecule has 3 heterocycles. The first-order chi connectivity index (χ1) is 12.4. The van der Waals surface area contributed by atoms with Gasteiger partial charge in [0, 0.05) is 45.0 Å². The molecular weight excluding hydrogens is 340 g/mol. The normalized spacial score (nSPS) is 23.0. The topological polar surface area (TPSA) is 116 Å². The lowest BCUT2D eigenvalue weighted by atomic mass is 9.78. The van der Waals surface area contributed by atoms with Gasteiger partial charge in [-0.15, -0.1) is 0 Å². The Morgan fingerprint density at radius 2 is 2.08 bits per heavy atom. The molecule has 3 rings (SSSR count). The number of likely N-dealkylation sites (tertiary alicyclic amines) is 2. The van der Waals surface area contributed by atoms with Gasteiger partial charge >= 0.3 is 5.69 Å². The number of aromatic amines is 2. The van der Waals surface area contributed by atoms with Crippen molar-refractivity contribution in [2.24, 2.45) is 5.41 Å². The van der Waals surface area contributed by atoms with Gasteiger partial charge in [-0.2, -0.15) is 0 Å². The first-order valence-electron chi connectivity index (χ1n) is 8.82. The van der Waals surface area contributed by atoms with Crippen molar-refractivity contribution in [2.75, 3.05) is 39.9 Å². The van der Waals surface area contributed by atoms with Crippen molar-refractivity contribution in [3.63, 3.8) is 0 Å². The van der Waals surface area contributed by atoms with Crippen LogP contribution >= 0.6 is 0 Å². The van der Waals surface area contributed by atoms with Crippen molar-refractivity contribution in [2.45, 2.75) is 25.7 Å². The van der Waals surface area contributed by atoms with E-state index in [2.05, 4.69) is 9.97 Å². The number of ether oxygens (including phenoxy) is 1. The fourth-order valence-corrected chi connectivity index (χ4v) is 3.87. The monoisotopic (exact) mass is 364 g/mol. The summed E-state index contributed by atoms with van der Waals surface area (Å²) in [5.74, 6) is -0.112. The highest BCUT2D eigenvalue weighted by Crippen LogP contribution is 2.40. The average molecular weight is 364 g/mol. The quantitative estimate of drug-likeness (QED) is 0.702. The molecule has 1 unspecified atom stereocenters. The third-order valence-corrected chi connectivity index (χ3v) is 5.33. The third-order valence-electron chi connectivity index (χ3n) is 5.33. The summed E-state index contributed by atoms with van der Waals surface area (Å²) in [7, 11) is 1.61. The van der Waals surface area contributed by atoms with Crippen molar-refractivity contribution < 1.29 is 14.3 Å². The number of methoxy groups -OCH3 is 1. The largest absolute Gasteiger partial charge is 0.383 e. The van der Waals surface area contributed by atoms with Crippen LogP contribution in [0.3, 0.4) is 0 Å². The molecule has 1 atom stereocenters. The molecular formula is C17H24N4O5. The molecule has 1 aromatic rings. The highest BCUT2D eigenvalue weighted by atomic mass is 16.5. The van der Waals surface area contributed by atoms with Gasteiger partial charge < -0.3 is 19.5 Å². The second-order valence-electron chi connectivity index (χ2n) is 7.01. The lowest BCUT2D eigenvalue weighted by Crippen LogP contribution is -2.51. The molecule has 1 aromatic heterocycles. The van der Waals surface area contributed by atoms with Crippen LogP contribution in [0.5, 0.6) is 0 Å². The smallest absolute Gasteiger partial charge is 0.325 e. The van der Waals surface area contributed by atoms with Crippen LogP contribution < -0.4 is 11.2 Å². The van der Waals surface area contributed by atoms with Gasteiger partial charge in [0.2, 0.25) is 11.8 Å². The average Bonchev–Trinajstić information content (AvgIpc) is 3.04. The van der Waals surface area contributed by atoms with Crippen LogP contribution in [-0.2, 0) is 20.7 Å². The molecule has 26 heavy (non-hydrogen) atoms. The zero-order valence-corrected chi connectivity index (χ0v) is 14.9. The van der Waals surface area contributed by atoms with Crippen molar-refractivity contribution in [1.29, 1.82) is 0 Å². The van der Waals surface area contributed by atoms with E-state index in [0.29, 0.717) is 32.7 Å². The Balaban J connectivity index is 1.67. The molecule has 9 nitrogen and oxygen atoms in total. The number of H-pyrrole nitrogens is 2. The molecule has 2 amide bonds. The summed E-state index contributed by atoms with van der Waals surface area (Å²) >= 11 is 0. The van der Waals surface area contributed by atoms with E-state index < -0.39 is 16.7 Å². The SMILES string of the molecule is COCCN1CCCC2(CCN(C(=O)Cc3c[nH]c(=O)[nH]c3=O)C2)C1=O. The number of hydrogen-bond donors (Lipinski definition) is 2. The third kappa shape index (κ3) is 3.57. The fraction of sp³-hybridized carbons (Fsp3) is 0.647. The van der Waals surface area contributed by atoms with Gasteiger partial charge in [-0.1, -0.05) is 0 Å². The van der Waals surface area contributed by atoms with Crippen LogP contribution in [0.4, 0.5) is 0 Å². The predicted octanol–water partition coefficient (Wildman–Crippen LogP) is -0.907. The molecule has 0 bridgehead atoms. The van der Waals surface area contributed by atoms with Gasteiger partial charge in [-0.05, 0) is 19.3 Å². The number of carbonyl (C=O) groups excluding carboxylic acids is 2. The van der Waals surface area contributed by atoms with E-state index in [9.17, 15) is 19.2 Å². The Hall–Kier alpha value is -2.42. The Bertz CT molecular complexity index is 801. The molecule has 2 saturated heterocycles. The van der Waals surface area contributed by atoms with Crippen LogP contribution in [0.25, 0.3) is 0 Å². The number of piperidine rings is 1. The number of rotatable bonds is 5. The molecule has 2 fully saturated rings. The molecule has 2 aliphatic heterocycles. The van der Waals surface area contributed by atoms with Gasteiger partial charge in [-0.3, -0.25) is 19.4 Å². The van der Waals surface area contributed by atoms with Crippen molar-refractivity contribution in [1.82, 2.24) is 19.8 Å². The molecule has 0 aliphatic carbocycles. The van der Waals surface area contributed by atoms with Crippen LogP contribution in [0.1, 0.15) is 24.8 Å². The summed E-state index contributed by atoms with van der Waals surface area (Å²) in [6, 6.07) is 0. The van der Waals surface area contributed by atoms with E-state index in [4.69, 9.17) is 4.74 Å². The van der Waals surface area contributed by atoms with Gasteiger partial charge in [0.1, 0.15) is 0 Å². The zero-order valence-electron chi connectivity index (χ0n) is 14.9. The molecule has 0 radical (unpaired) electrons. The van der Waals surface area contributed by atoms with Gasteiger partial charge in [-0.25, -0.2) is 4.79 Å². The number of amides is 2. The molecule has 142 valence electrons. The number of carbonyl (C=O) groups is 2. The maximum absolute atomic E-state index is 12.9. The highest BCUT2D eigenvalue weighted by Gasteiger charge is 2.49. The number of hydrogen-bond acceptors (Lipinski definition) is 5. The lowest BCUT2D eigenvalue weighted by Gasteiger charge is -2.39. The first-order valence-corrected chi connectivity index (χ1v) is 8.82. The molecule has 0 saturated carbocycles. The summed E-state index contributed by atoms with van der Waals surface area (Å²) in [4.78, 5) is 56.3. The van der Waals surface area contributed by atoms with E-state index in [1.54, 1.807) is 12.0 Å². The second-order valence-corrected chi connectivity index (χ2v) is 7.01. The van der Waals surface area contributed by atoms with Gasteiger partial charge in [0.05, 0.1) is 18.4 Å². The van der Waals surface area contributed by atoms with Gasteiger partial charge in [0.25, 0.3) is 5.56 Å². The van der Waals surface area contributed by atoms with Crippen molar-refractivity contribution in [3.05, 3.63) is 32.6 Å². The van der Waals surface area contributed by atoms with E-state index in [1.165, 1.54) is 6.20 Å². The minimum Gasteiger partial charge on any atom is -0.383 e. The Kier molecular flexibility index (Phi) is 5.26. The Labute approximate surface area is 150 Å². The van der Waals surface area contributed by atoms with E-state index in [-0.39, 0.29) is 23.8 Å². The molecule has 1 spiro atoms. The van der Waals surface area contributed by atoms with E-state index in [0.717, 1.165) is 19.4 Å². The summed E-state index contributed by atoms with van der Waals surface area (Å²) in [6.45, 7) is 2.68. The van der Waals surface area contributed by atoms with Crippen LogP contribution in [0, 0.1) is 5.41 Å². The molecule has 2 N–H and O–H groups in total. The number of nitrogens with zero attached hydrogens (tertiary/aromatic N) is 2. The Morgan fingerprint density at radius 1 is 1.27 bits per heavy atom. The summed E-state index contributed by atoms with van der Waals surface area (Å²) in [5.41, 5.74) is -1.46. The summed E-state index contributed by atoms with van der Waals surface area (Å²) < 4.78 is 5.07. The van der Waals surface area contributed by atoms with E-state index >= 15 is 0 Å². The highest BCUT2D eigenvalue weighted by molar-refractivity contribution is 5.86. The summed E-state index contributed by atoms with van der Waals surface area (Å²) in [6.07, 6.45) is 3.51. The molecule has 9 heteroatoms. The lowest BCUT2D eigenvalue weighted by molar-refractivity contribution is -0.146. The van der Waals surface area contributed by atoms with Crippen LogP contribution in [-0.4, -0.2) is 71.5 Å². The standard InChI is InChI=1S/C17H24N4O5/c1-26-8-7-20-5-2-3-17(15(20)24)4-6-21(11-17)13(22)9-12-10-18-16(25)19-14(12)23/h10H,2-9,11H2,1H3,(H2,18,19,23,25). The van der Waals surface area contributed by atoms with E-state index in [1.807, 2.05) is 4.90 Å². The van der Waals surface area contributed by atoms with Crippen molar-refractivity contribution in [3.8, 4) is 0 Å². The maximum Gasteiger partial charge on any atom is 0.325 e. The van der Waals surface area contributed by atoms with Gasteiger partial charge in [0.15, 0.2) is 0 Å². The number of nitrogens with one attached hydrogen (secondary N) is 2.